The van der Waals surface area contributed by atoms with Crippen molar-refractivity contribution in [1.29, 1.82) is 0 Å². The number of hydrogen-bond donors (Lipinski definition) is 1. The van der Waals surface area contributed by atoms with E-state index in [0.717, 1.165) is 25.1 Å². The van der Waals surface area contributed by atoms with Crippen LogP contribution in [-0.4, -0.2) is 22.5 Å². The lowest BCUT2D eigenvalue weighted by atomic mass is 10.1. The van der Waals surface area contributed by atoms with E-state index in [1.165, 1.54) is 5.56 Å². The highest BCUT2D eigenvalue weighted by Gasteiger charge is 2.29. The standard InChI is InChI=1S/C15H17N3OS/c19-15(17-10-13-4-1-2-7-16-13)18-8-3-5-14(18)12-6-9-20-11-12/h1-2,4,6-7,9,11,14H,3,5,8,10H2,(H,17,19)/t14-/m0/s1. The minimum Gasteiger partial charge on any atom is -0.332 e. The predicted octanol–water partition coefficient (Wildman–Crippen LogP) is 3.19. The summed E-state index contributed by atoms with van der Waals surface area (Å²) in [5, 5.41) is 7.16. The Morgan fingerprint density at radius 1 is 1.45 bits per heavy atom. The van der Waals surface area contributed by atoms with Gasteiger partial charge in [0.05, 0.1) is 18.3 Å². The van der Waals surface area contributed by atoms with E-state index in [4.69, 9.17) is 0 Å². The van der Waals surface area contributed by atoms with Crippen molar-refractivity contribution >= 4 is 17.4 Å². The topological polar surface area (TPSA) is 45.2 Å². The number of thiophene rings is 1. The second kappa shape index (κ2) is 6.05. The monoisotopic (exact) mass is 287 g/mol. The molecule has 1 saturated heterocycles. The Labute approximate surface area is 122 Å². The van der Waals surface area contributed by atoms with Crippen molar-refractivity contribution in [3.05, 3.63) is 52.5 Å². The molecule has 20 heavy (non-hydrogen) atoms. The van der Waals surface area contributed by atoms with Gasteiger partial charge in [0.25, 0.3) is 0 Å². The number of nitrogens with zero attached hydrogens (tertiary/aromatic N) is 2. The molecule has 4 nitrogen and oxygen atoms in total. The maximum absolute atomic E-state index is 12.3. The zero-order chi connectivity index (χ0) is 13.8. The van der Waals surface area contributed by atoms with Gasteiger partial charge in [-0.2, -0.15) is 11.3 Å². The Morgan fingerprint density at radius 2 is 2.40 bits per heavy atom. The van der Waals surface area contributed by atoms with Crippen LogP contribution in [0.4, 0.5) is 4.79 Å². The number of carbonyl (C=O) groups excluding carboxylic acids is 1. The highest BCUT2D eigenvalue weighted by molar-refractivity contribution is 7.07. The van der Waals surface area contributed by atoms with E-state index >= 15 is 0 Å². The lowest BCUT2D eigenvalue weighted by Gasteiger charge is -2.24. The van der Waals surface area contributed by atoms with E-state index in [2.05, 4.69) is 27.1 Å². The quantitative estimate of drug-likeness (QED) is 0.942. The first-order valence-electron chi connectivity index (χ1n) is 6.81. The summed E-state index contributed by atoms with van der Waals surface area (Å²) in [7, 11) is 0. The van der Waals surface area contributed by atoms with Crippen LogP contribution >= 0.6 is 11.3 Å². The fraction of sp³-hybridized carbons (Fsp3) is 0.333. The largest absolute Gasteiger partial charge is 0.332 e. The second-order valence-electron chi connectivity index (χ2n) is 4.89. The van der Waals surface area contributed by atoms with Crippen molar-refractivity contribution in [3.63, 3.8) is 0 Å². The van der Waals surface area contributed by atoms with Gasteiger partial charge in [0, 0.05) is 12.7 Å². The van der Waals surface area contributed by atoms with Crippen LogP contribution in [0.5, 0.6) is 0 Å². The molecule has 1 N–H and O–H groups in total. The summed E-state index contributed by atoms with van der Waals surface area (Å²) < 4.78 is 0. The highest BCUT2D eigenvalue weighted by atomic mass is 32.1. The van der Waals surface area contributed by atoms with Crippen molar-refractivity contribution in [1.82, 2.24) is 15.2 Å². The number of likely N-dealkylation sites (tertiary alicyclic amines) is 1. The van der Waals surface area contributed by atoms with Gasteiger partial charge in [-0.25, -0.2) is 4.79 Å². The Bertz CT molecular complexity index is 556. The molecule has 0 aliphatic carbocycles. The van der Waals surface area contributed by atoms with E-state index in [9.17, 15) is 4.79 Å². The molecule has 5 heteroatoms. The maximum atomic E-state index is 12.3. The normalized spacial score (nSPS) is 18.2. The molecule has 0 aromatic carbocycles. The Balaban J connectivity index is 1.62. The zero-order valence-electron chi connectivity index (χ0n) is 11.2. The summed E-state index contributed by atoms with van der Waals surface area (Å²) >= 11 is 1.68. The minimum absolute atomic E-state index is 0.00403. The van der Waals surface area contributed by atoms with Crippen LogP contribution in [0.25, 0.3) is 0 Å². The van der Waals surface area contributed by atoms with E-state index in [-0.39, 0.29) is 12.1 Å². The molecule has 1 fully saturated rings. The fourth-order valence-corrected chi connectivity index (χ4v) is 3.30. The summed E-state index contributed by atoms with van der Waals surface area (Å²) in [4.78, 5) is 18.5. The number of amides is 2. The smallest absolute Gasteiger partial charge is 0.318 e. The SMILES string of the molecule is O=C(NCc1ccccn1)N1CCC[C@H]1c1ccsc1. The number of urea groups is 1. The molecule has 2 aromatic heterocycles. The molecular formula is C15H17N3OS. The summed E-state index contributed by atoms with van der Waals surface area (Å²) in [6, 6.07) is 8.06. The zero-order valence-corrected chi connectivity index (χ0v) is 12.0. The summed E-state index contributed by atoms with van der Waals surface area (Å²) in [6.07, 6.45) is 3.86. The van der Waals surface area contributed by atoms with Gasteiger partial charge >= 0.3 is 6.03 Å². The minimum atomic E-state index is 0.00403. The van der Waals surface area contributed by atoms with Crippen LogP contribution in [-0.2, 0) is 6.54 Å². The third-order valence-corrected chi connectivity index (χ3v) is 4.29. The van der Waals surface area contributed by atoms with Crippen LogP contribution in [0.15, 0.2) is 41.2 Å². The third-order valence-electron chi connectivity index (χ3n) is 3.59. The average molecular weight is 287 g/mol. The number of hydrogen-bond acceptors (Lipinski definition) is 3. The summed E-state index contributed by atoms with van der Waals surface area (Å²) in [5.41, 5.74) is 2.13. The van der Waals surface area contributed by atoms with E-state index in [1.54, 1.807) is 17.5 Å². The van der Waals surface area contributed by atoms with Gasteiger partial charge in [0.2, 0.25) is 0 Å². The summed E-state index contributed by atoms with van der Waals surface area (Å²) in [6.45, 7) is 1.31. The van der Waals surface area contributed by atoms with Gasteiger partial charge in [0.1, 0.15) is 0 Å². The number of pyridine rings is 1. The molecule has 2 aromatic rings. The van der Waals surface area contributed by atoms with Crippen LogP contribution in [0.2, 0.25) is 0 Å². The molecule has 1 atom stereocenters. The molecule has 0 radical (unpaired) electrons. The van der Waals surface area contributed by atoms with Crippen LogP contribution < -0.4 is 5.32 Å². The van der Waals surface area contributed by atoms with Gasteiger partial charge in [-0.05, 0) is 47.4 Å². The number of aromatic nitrogens is 1. The van der Waals surface area contributed by atoms with Gasteiger partial charge in [-0.3, -0.25) is 4.98 Å². The Morgan fingerprint density at radius 3 is 3.15 bits per heavy atom. The number of rotatable bonds is 3. The molecular weight excluding hydrogens is 270 g/mol. The number of nitrogens with one attached hydrogen (secondary N) is 1. The lowest BCUT2D eigenvalue weighted by molar-refractivity contribution is 0.192. The second-order valence-corrected chi connectivity index (χ2v) is 5.67. The first kappa shape index (κ1) is 13.1. The van der Waals surface area contributed by atoms with E-state index in [1.807, 2.05) is 23.1 Å². The predicted molar refractivity (Wildman–Crippen MR) is 79.5 cm³/mol. The van der Waals surface area contributed by atoms with Gasteiger partial charge in [-0.15, -0.1) is 0 Å². The molecule has 0 spiro atoms. The van der Waals surface area contributed by atoms with E-state index < -0.39 is 0 Å². The summed E-state index contributed by atoms with van der Waals surface area (Å²) in [5.74, 6) is 0. The first-order chi connectivity index (χ1) is 9.84. The molecule has 104 valence electrons. The third kappa shape index (κ3) is 2.82. The molecule has 0 unspecified atom stereocenters. The average Bonchev–Trinajstić information content (AvgIpc) is 3.15. The molecule has 3 heterocycles. The van der Waals surface area contributed by atoms with Crippen LogP contribution in [0, 0.1) is 0 Å². The van der Waals surface area contributed by atoms with Crippen LogP contribution in [0.3, 0.4) is 0 Å². The van der Waals surface area contributed by atoms with Crippen molar-refractivity contribution < 1.29 is 4.79 Å². The van der Waals surface area contributed by atoms with Crippen molar-refractivity contribution in [2.75, 3.05) is 6.54 Å². The number of carbonyl (C=O) groups is 1. The molecule has 3 rings (SSSR count). The molecule has 0 saturated carbocycles. The maximum Gasteiger partial charge on any atom is 0.318 e. The van der Waals surface area contributed by atoms with Gasteiger partial charge in [0.15, 0.2) is 0 Å². The molecule has 2 amide bonds. The van der Waals surface area contributed by atoms with Crippen molar-refractivity contribution in [2.45, 2.75) is 25.4 Å². The molecule has 0 bridgehead atoms. The highest BCUT2D eigenvalue weighted by Crippen LogP contribution is 2.32. The fourth-order valence-electron chi connectivity index (χ4n) is 2.59. The van der Waals surface area contributed by atoms with Gasteiger partial charge in [-0.1, -0.05) is 6.07 Å². The Kier molecular flexibility index (Phi) is 3.97. The molecule has 1 aliphatic rings. The Hall–Kier alpha value is -1.88. The molecule has 1 aliphatic heterocycles. The van der Waals surface area contributed by atoms with Crippen LogP contribution in [0.1, 0.15) is 30.1 Å². The first-order valence-corrected chi connectivity index (χ1v) is 7.75. The van der Waals surface area contributed by atoms with Crippen molar-refractivity contribution in [3.8, 4) is 0 Å². The van der Waals surface area contributed by atoms with Crippen molar-refractivity contribution in [2.24, 2.45) is 0 Å². The van der Waals surface area contributed by atoms with E-state index in [0.29, 0.717) is 6.54 Å². The lowest BCUT2D eigenvalue weighted by Crippen LogP contribution is -2.39. The van der Waals surface area contributed by atoms with Gasteiger partial charge < -0.3 is 10.2 Å².